The van der Waals surface area contributed by atoms with Crippen molar-refractivity contribution < 1.29 is 5.11 Å². The van der Waals surface area contributed by atoms with E-state index in [1.165, 1.54) is 11.1 Å². The van der Waals surface area contributed by atoms with Gasteiger partial charge in [-0.05, 0) is 24.0 Å². The smallest absolute Gasteiger partial charge is 0.225 e. The van der Waals surface area contributed by atoms with E-state index in [2.05, 4.69) is 53.5 Å². The maximum atomic E-state index is 9.66. The average Bonchev–Trinajstić information content (AvgIpc) is 2.71. The van der Waals surface area contributed by atoms with Crippen molar-refractivity contribution in [2.24, 2.45) is 5.92 Å². The van der Waals surface area contributed by atoms with Crippen molar-refractivity contribution in [3.8, 4) is 11.3 Å². The van der Waals surface area contributed by atoms with Crippen LogP contribution in [-0.2, 0) is 6.54 Å². The summed E-state index contributed by atoms with van der Waals surface area (Å²) < 4.78 is 0. The van der Waals surface area contributed by atoms with Crippen LogP contribution in [-0.4, -0.2) is 27.7 Å². The molecule has 3 aromatic rings. The molecule has 0 aliphatic rings. The Hall–Kier alpha value is -2.92. The molecular weight excluding hydrogens is 348 g/mol. The highest BCUT2D eigenvalue weighted by Gasteiger charge is 2.15. The summed E-state index contributed by atoms with van der Waals surface area (Å²) in [5.74, 6) is 1.53. The molecule has 0 bridgehead atoms. The molecule has 0 aliphatic heterocycles. The minimum absolute atomic E-state index is 0.0303. The molecule has 1 aromatic heterocycles. The highest BCUT2D eigenvalue weighted by atomic mass is 16.3. The molecule has 28 heavy (non-hydrogen) atoms. The maximum Gasteiger partial charge on any atom is 0.225 e. The zero-order valence-electron chi connectivity index (χ0n) is 16.7. The summed E-state index contributed by atoms with van der Waals surface area (Å²) in [6.07, 6.45) is 0. The van der Waals surface area contributed by atoms with Crippen LogP contribution in [0.1, 0.15) is 25.0 Å². The van der Waals surface area contributed by atoms with Crippen LogP contribution in [0.3, 0.4) is 0 Å². The topological polar surface area (TPSA) is 70.1 Å². The Morgan fingerprint density at radius 3 is 2.36 bits per heavy atom. The van der Waals surface area contributed by atoms with E-state index in [4.69, 9.17) is 0 Å². The third-order valence-corrected chi connectivity index (χ3v) is 4.83. The van der Waals surface area contributed by atoms with Gasteiger partial charge in [-0.3, -0.25) is 0 Å². The molecule has 0 fully saturated rings. The molecular formula is C23H28N4O. The second-order valence-corrected chi connectivity index (χ2v) is 7.29. The molecule has 0 spiro atoms. The number of aliphatic hydroxyl groups is 1. The van der Waals surface area contributed by atoms with Crippen molar-refractivity contribution in [2.45, 2.75) is 33.4 Å². The third-order valence-electron chi connectivity index (χ3n) is 4.83. The molecule has 3 rings (SSSR count). The number of hydrogen-bond donors (Lipinski definition) is 3. The van der Waals surface area contributed by atoms with E-state index in [1.54, 1.807) is 0 Å². The molecule has 1 heterocycles. The number of anilines is 2. The normalized spacial score (nSPS) is 12.0. The first-order valence-corrected chi connectivity index (χ1v) is 9.67. The molecule has 0 unspecified atom stereocenters. The number of hydrogen-bond acceptors (Lipinski definition) is 5. The van der Waals surface area contributed by atoms with Gasteiger partial charge in [-0.1, -0.05) is 68.4 Å². The highest BCUT2D eigenvalue weighted by Crippen LogP contribution is 2.23. The average molecular weight is 377 g/mol. The zero-order chi connectivity index (χ0) is 19.9. The predicted octanol–water partition coefficient (Wildman–Crippen LogP) is 4.49. The Labute approximate surface area is 166 Å². The van der Waals surface area contributed by atoms with E-state index in [0.29, 0.717) is 12.5 Å². The first-order chi connectivity index (χ1) is 13.6. The van der Waals surface area contributed by atoms with Crippen molar-refractivity contribution in [3.05, 3.63) is 71.8 Å². The Balaban J connectivity index is 1.89. The maximum absolute atomic E-state index is 9.66. The zero-order valence-corrected chi connectivity index (χ0v) is 16.7. The number of aryl methyl sites for hydroxylation is 1. The van der Waals surface area contributed by atoms with E-state index in [1.807, 2.05) is 48.5 Å². The summed E-state index contributed by atoms with van der Waals surface area (Å²) >= 11 is 0. The van der Waals surface area contributed by atoms with Crippen LogP contribution in [0.4, 0.5) is 11.8 Å². The molecule has 1 atom stereocenters. The Bertz CT molecular complexity index is 896. The molecule has 5 nitrogen and oxygen atoms in total. The van der Waals surface area contributed by atoms with Gasteiger partial charge in [0.15, 0.2) is 0 Å². The fourth-order valence-electron chi connectivity index (χ4n) is 2.94. The number of aliphatic hydroxyl groups excluding tert-OH is 1. The van der Waals surface area contributed by atoms with Gasteiger partial charge >= 0.3 is 0 Å². The van der Waals surface area contributed by atoms with Crippen molar-refractivity contribution in [1.29, 1.82) is 0 Å². The highest BCUT2D eigenvalue weighted by molar-refractivity contribution is 5.64. The lowest BCUT2D eigenvalue weighted by molar-refractivity contribution is 0.248. The van der Waals surface area contributed by atoms with Crippen LogP contribution in [0.15, 0.2) is 60.7 Å². The number of rotatable bonds is 8. The standard InChI is InChI=1S/C23H28N4O/c1-16(2)21(15-28)26-23-25-20(18-10-5-4-6-11-18)13-22(27-23)24-14-19-12-8-7-9-17(19)3/h4-13,16,21,28H,14-15H2,1-3H3,(H2,24,25,26,27)/t21-/m1/s1. The van der Waals surface area contributed by atoms with Crippen LogP contribution < -0.4 is 10.6 Å². The molecule has 2 aromatic carbocycles. The number of benzene rings is 2. The molecule has 0 saturated carbocycles. The first-order valence-electron chi connectivity index (χ1n) is 9.67. The van der Waals surface area contributed by atoms with Crippen LogP contribution in [0.25, 0.3) is 11.3 Å². The van der Waals surface area contributed by atoms with E-state index in [9.17, 15) is 5.11 Å². The molecule has 0 radical (unpaired) electrons. The summed E-state index contributed by atoms with van der Waals surface area (Å²) in [6, 6.07) is 20.2. The molecule has 3 N–H and O–H groups in total. The monoisotopic (exact) mass is 376 g/mol. The lowest BCUT2D eigenvalue weighted by Crippen LogP contribution is -2.30. The molecule has 0 aliphatic carbocycles. The van der Waals surface area contributed by atoms with Gasteiger partial charge in [-0.2, -0.15) is 4.98 Å². The van der Waals surface area contributed by atoms with Gasteiger partial charge in [-0.15, -0.1) is 0 Å². The van der Waals surface area contributed by atoms with Gasteiger partial charge in [0.25, 0.3) is 0 Å². The van der Waals surface area contributed by atoms with E-state index < -0.39 is 0 Å². The van der Waals surface area contributed by atoms with Gasteiger partial charge in [0.2, 0.25) is 5.95 Å². The lowest BCUT2D eigenvalue weighted by Gasteiger charge is -2.21. The summed E-state index contributed by atoms with van der Waals surface area (Å²) in [7, 11) is 0. The fraction of sp³-hybridized carbons (Fsp3) is 0.304. The van der Waals surface area contributed by atoms with E-state index in [0.717, 1.165) is 17.1 Å². The van der Waals surface area contributed by atoms with Gasteiger partial charge in [-0.25, -0.2) is 4.98 Å². The fourth-order valence-corrected chi connectivity index (χ4v) is 2.94. The molecule has 146 valence electrons. The number of aromatic nitrogens is 2. The second kappa shape index (κ2) is 9.33. The van der Waals surface area contributed by atoms with Gasteiger partial charge in [0.05, 0.1) is 18.3 Å². The SMILES string of the molecule is Cc1ccccc1CNc1cc(-c2ccccc2)nc(N[C@H](CO)C(C)C)n1. The quantitative estimate of drug-likeness (QED) is 0.540. The summed E-state index contributed by atoms with van der Waals surface area (Å²) in [5.41, 5.74) is 4.33. The van der Waals surface area contributed by atoms with Crippen molar-refractivity contribution in [1.82, 2.24) is 9.97 Å². The van der Waals surface area contributed by atoms with Crippen LogP contribution >= 0.6 is 0 Å². The number of nitrogens with zero attached hydrogens (tertiary/aromatic N) is 2. The molecule has 5 heteroatoms. The van der Waals surface area contributed by atoms with Crippen molar-refractivity contribution >= 4 is 11.8 Å². The van der Waals surface area contributed by atoms with Crippen LogP contribution in [0, 0.1) is 12.8 Å². The molecule has 0 amide bonds. The van der Waals surface area contributed by atoms with Gasteiger partial charge in [0.1, 0.15) is 5.82 Å². The third kappa shape index (κ3) is 5.08. The first kappa shape index (κ1) is 19.8. The minimum Gasteiger partial charge on any atom is -0.394 e. The second-order valence-electron chi connectivity index (χ2n) is 7.29. The van der Waals surface area contributed by atoms with E-state index in [-0.39, 0.29) is 18.6 Å². The minimum atomic E-state index is -0.102. The van der Waals surface area contributed by atoms with E-state index >= 15 is 0 Å². The van der Waals surface area contributed by atoms with Crippen molar-refractivity contribution in [2.75, 3.05) is 17.2 Å². The summed E-state index contributed by atoms with van der Waals surface area (Å²) in [4.78, 5) is 9.30. The summed E-state index contributed by atoms with van der Waals surface area (Å²) in [6.45, 7) is 6.94. The Morgan fingerprint density at radius 1 is 0.964 bits per heavy atom. The Morgan fingerprint density at radius 2 is 1.68 bits per heavy atom. The summed E-state index contributed by atoms with van der Waals surface area (Å²) in [5, 5.41) is 16.4. The Kier molecular flexibility index (Phi) is 6.61. The largest absolute Gasteiger partial charge is 0.394 e. The number of nitrogens with one attached hydrogen (secondary N) is 2. The van der Waals surface area contributed by atoms with Gasteiger partial charge < -0.3 is 15.7 Å². The van der Waals surface area contributed by atoms with Crippen LogP contribution in [0.2, 0.25) is 0 Å². The van der Waals surface area contributed by atoms with Crippen molar-refractivity contribution in [3.63, 3.8) is 0 Å². The van der Waals surface area contributed by atoms with Gasteiger partial charge in [0, 0.05) is 18.2 Å². The van der Waals surface area contributed by atoms with Crippen LogP contribution in [0.5, 0.6) is 0 Å². The predicted molar refractivity (Wildman–Crippen MR) is 115 cm³/mol. The lowest BCUT2D eigenvalue weighted by atomic mass is 10.1. The molecule has 0 saturated heterocycles.